The zero-order valence-electron chi connectivity index (χ0n) is 10.1. The first-order valence-electron chi connectivity index (χ1n) is 6.30. The summed E-state index contributed by atoms with van der Waals surface area (Å²) in [5, 5.41) is 0.172. The molecular formula is C14H11F2NO2. The summed E-state index contributed by atoms with van der Waals surface area (Å²) in [5.41, 5.74) is -0.382. The molecule has 1 fully saturated rings. The summed E-state index contributed by atoms with van der Waals surface area (Å²) in [6.07, 6.45) is 4.32. The molecule has 1 aliphatic carbocycles. The molecule has 1 aromatic heterocycles. The number of ether oxygens (including phenoxy) is 1. The predicted molar refractivity (Wildman–Crippen MR) is 65.3 cm³/mol. The second kappa shape index (κ2) is 3.35. The molecule has 1 spiro atoms. The fourth-order valence-corrected chi connectivity index (χ4v) is 3.00. The third kappa shape index (κ3) is 1.33. The lowest BCUT2D eigenvalue weighted by molar-refractivity contribution is -0.0315. The predicted octanol–water partition coefficient (Wildman–Crippen LogP) is 2.59. The third-order valence-corrected chi connectivity index (χ3v) is 4.15. The highest BCUT2D eigenvalue weighted by molar-refractivity contribution is 5.85. The first-order valence-corrected chi connectivity index (χ1v) is 6.30. The van der Waals surface area contributed by atoms with Crippen molar-refractivity contribution >= 4 is 10.9 Å². The summed E-state index contributed by atoms with van der Waals surface area (Å²) in [6.45, 7) is 0.585. The second-order valence-electron chi connectivity index (χ2n) is 5.34. The van der Waals surface area contributed by atoms with Gasteiger partial charge in [-0.1, -0.05) is 0 Å². The Morgan fingerprint density at radius 1 is 1.32 bits per heavy atom. The first-order chi connectivity index (χ1) is 9.10. The highest BCUT2D eigenvalue weighted by atomic mass is 19.2. The molecule has 1 aromatic carbocycles. The number of benzene rings is 1. The van der Waals surface area contributed by atoms with Crippen LogP contribution in [0.25, 0.3) is 10.9 Å². The fraction of sp³-hybridized carbons (Fsp3) is 0.357. The molecule has 98 valence electrons. The van der Waals surface area contributed by atoms with Crippen LogP contribution in [0.4, 0.5) is 8.78 Å². The van der Waals surface area contributed by atoms with Crippen molar-refractivity contribution in [3.8, 4) is 5.75 Å². The minimum absolute atomic E-state index is 0.112. The minimum atomic E-state index is -1.03. The van der Waals surface area contributed by atoms with E-state index < -0.39 is 17.2 Å². The van der Waals surface area contributed by atoms with Gasteiger partial charge < -0.3 is 9.30 Å². The number of pyridine rings is 1. The molecule has 2 aliphatic rings. The Morgan fingerprint density at radius 2 is 2.11 bits per heavy atom. The van der Waals surface area contributed by atoms with Crippen LogP contribution in [0.1, 0.15) is 19.3 Å². The highest BCUT2D eigenvalue weighted by Crippen LogP contribution is 2.44. The van der Waals surface area contributed by atoms with Gasteiger partial charge in [0, 0.05) is 12.3 Å². The SMILES string of the molecule is O=c1ccn2c3c(c(F)c(F)cc13)OC1(CCC1)C2. The van der Waals surface area contributed by atoms with Crippen LogP contribution >= 0.6 is 0 Å². The summed E-state index contributed by atoms with van der Waals surface area (Å²) in [6, 6.07) is 2.34. The summed E-state index contributed by atoms with van der Waals surface area (Å²) < 4.78 is 35.1. The van der Waals surface area contributed by atoms with Gasteiger partial charge in [-0.05, 0) is 25.3 Å². The van der Waals surface area contributed by atoms with Gasteiger partial charge in [-0.15, -0.1) is 0 Å². The molecular weight excluding hydrogens is 252 g/mol. The van der Waals surface area contributed by atoms with Crippen LogP contribution in [-0.4, -0.2) is 10.2 Å². The van der Waals surface area contributed by atoms with Gasteiger partial charge in [0.25, 0.3) is 0 Å². The average Bonchev–Trinajstić information content (AvgIpc) is 2.37. The molecule has 1 saturated carbocycles. The monoisotopic (exact) mass is 263 g/mol. The van der Waals surface area contributed by atoms with Crippen LogP contribution in [0.5, 0.6) is 5.75 Å². The quantitative estimate of drug-likeness (QED) is 0.731. The Morgan fingerprint density at radius 3 is 2.79 bits per heavy atom. The molecule has 0 atom stereocenters. The van der Waals surface area contributed by atoms with Gasteiger partial charge in [0.05, 0.1) is 17.4 Å². The summed E-state index contributed by atoms with van der Waals surface area (Å²) in [7, 11) is 0. The van der Waals surface area contributed by atoms with Crippen LogP contribution in [0, 0.1) is 11.6 Å². The topological polar surface area (TPSA) is 31.2 Å². The van der Waals surface area contributed by atoms with Crippen molar-refractivity contribution in [1.29, 1.82) is 0 Å². The summed E-state index contributed by atoms with van der Waals surface area (Å²) in [4.78, 5) is 11.8. The zero-order chi connectivity index (χ0) is 13.2. The number of hydrogen-bond acceptors (Lipinski definition) is 2. The number of halogens is 2. The standard InChI is InChI=1S/C14H11F2NO2/c15-9-6-8-10(18)2-5-17-7-14(3-1-4-14)19-13(11(9)16)12(8)17/h2,5-6H,1,3-4,7H2. The fourth-order valence-electron chi connectivity index (χ4n) is 3.00. The molecule has 1 aliphatic heterocycles. The van der Waals surface area contributed by atoms with E-state index in [2.05, 4.69) is 0 Å². The van der Waals surface area contributed by atoms with Gasteiger partial charge in [0.1, 0.15) is 5.60 Å². The van der Waals surface area contributed by atoms with Crippen molar-refractivity contribution in [1.82, 2.24) is 4.57 Å². The summed E-state index contributed by atoms with van der Waals surface area (Å²) >= 11 is 0. The maximum absolute atomic E-state index is 14.0. The Hall–Kier alpha value is -1.91. The molecule has 0 amide bonds. The molecule has 0 N–H and O–H groups in total. The van der Waals surface area contributed by atoms with Crippen molar-refractivity contribution in [2.75, 3.05) is 0 Å². The maximum atomic E-state index is 14.0. The van der Waals surface area contributed by atoms with Crippen molar-refractivity contribution in [2.45, 2.75) is 31.4 Å². The van der Waals surface area contributed by atoms with Crippen molar-refractivity contribution in [3.05, 3.63) is 40.2 Å². The largest absolute Gasteiger partial charge is 0.480 e. The molecule has 5 heteroatoms. The van der Waals surface area contributed by atoms with E-state index in [9.17, 15) is 13.6 Å². The molecule has 0 unspecified atom stereocenters. The van der Waals surface area contributed by atoms with Crippen molar-refractivity contribution < 1.29 is 13.5 Å². The van der Waals surface area contributed by atoms with Crippen LogP contribution in [0.2, 0.25) is 0 Å². The maximum Gasteiger partial charge on any atom is 0.202 e. The lowest BCUT2D eigenvalue weighted by atomic mass is 9.79. The second-order valence-corrected chi connectivity index (χ2v) is 5.34. The van der Waals surface area contributed by atoms with Crippen LogP contribution in [0.15, 0.2) is 23.1 Å². The minimum Gasteiger partial charge on any atom is -0.480 e. The number of hydrogen-bond donors (Lipinski definition) is 0. The van der Waals surface area contributed by atoms with E-state index in [1.54, 1.807) is 10.8 Å². The molecule has 19 heavy (non-hydrogen) atoms. The van der Waals surface area contributed by atoms with Gasteiger partial charge in [-0.2, -0.15) is 4.39 Å². The van der Waals surface area contributed by atoms with E-state index in [0.717, 1.165) is 25.3 Å². The van der Waals surface area contributed by atoms with Gasteiger partial charge in [0.15, 0.2) is 17.0 Å². The Balaban J connectivity index is 2.10. The molecule has 0 saturated heterocycles. The van der Waals surface area contributed by atoms with Gasteiger partial charge in [-0.25, -0.2) is 4.39 Å². The number of rotatable bonds is 0. The Bertz CT molecular complexity index is 762. The van der Waals surface area contributed by atoms with Crippen molar-refractivity contribution in [3.63, 3.8) is 0 Å². The summed E-state index contributed by atoms with van der Waals surface area (Å²) in [5.74, 6) is -2.15. The molecule has 0 bridgehead atoms. The van der Waals surface area contributed by atoms with Gasteiger partial charge >= 0.3 is 0 Å². The van der Waals surface area contributed by atoms with Gasteiger partial charge in [0.2, 0.25) is 5.82 Å². The van der Waals surface area contributed by atoms with E-state index in [4.69, 9.17) is 4.74 Å². The molecule has 2 aromatic rings. The first kappa shape index (κ1) is 11.0. The van der Waals surface area contributed by atoms with Crippen LogP contribution in [-0.2, 0) is 6.54 Å². The van der Waals surface area contributed by atoms with Gasteiger partial charge in [-0.3, -0.25) is 4.79 Å². The third-order valence-electron chi connectivity index (χ3n) is 4.15. The van der Waals surface area contributed by atoms with E-state index in [1.807, 2.05) is 0 Å². The Kier molecular flexibility index (Phi) is 1.93. The smallest absolute Gasteiger partial charge is 0.202 e. The molecule has 3 nitrogen and oxygen atoms in total. The molecule has 2 heterocycles. The lowest BCUT2D eigenvalue weighted by Crippen LogP contribution is -2.49. The normalized spacial score (nSPS) is 19.3. The van der Waals surface area contributed by atoms with Crippen LogP contribution < -0.4 is 10.2 Å². The van der Waals surface area contributed by atoms with E-state index >= 15 is 0 Å². The number of nitrogens with zero attached hydrogens (tertiary/aromatic N) is 1. The molecule has 4 rings (SSSR count). The highest BCUT2D eigenvalue weighted by Gasteiger charge is 2.44. The van der Waals surface area contributed by atoms with Crippen molar-refractivity contribution in [2.24, 2.45) is 0 Å². The van der Waals surface area contributed by atoms with E-state index in [-0.39, 0.29) is 16.6 Å². The van der Waals surface area contributed by atoms with E-state index in [1.165, 1.54) is 6.07 Å². The zero-order valence-corrected chi connectivity index (χ0v) is 10.1. The average molecular weight is 263 g/mol. The van der Waals surface area contributed by atoms with E-state index in [0.29, 0.717) is 12.1 Å². The number of aromatic nitrogens is 1. The molecule has 0 radical (unpaired) electrons. The van der Waals surface area contributed by atoms with Crippen LogP contribution in [0.3, 0.4) is 0 Å². The lowest BCUT2D eigenvalue weighted by Gasteiger charge is -2.45. The Labute approximate surface area is 107 Å².